The van der Waals surface area contributed by atoms with E-state index in [1.54, 1.807) is 0 Å². The molecule has 0 aromatic heterocycles. The van der Waals surface area contributed by atoms with Crippen molar-refractivity contribution < 1.29 is 18.0 Å². The molecule has 0 radical (unpaired) electrons. The zero-order valence-corrected chi connectivity index (χ0v) is 8.17. The van der Waals surface area contributed by atoms with Crippen LogP contribution in [0, 0.1) is 5.92 Å². The average Bonchev–Trinajstić information content (AvgIpc) is 2.50. The van der Waals surface area contributed by atoms with Crippen LogP contribution in [0.3, 0.4) is 0 Å². The number of nitrogens with one attached hydrogen (secondary N) is 2. The van der Waals surface area contributed by atoms with Crippen LogP contribution in [0.1, 0.15) is 6.42 Å². The van der Waals surface area contributed by atoms with E-state index in [1.165, 1.54) is 0 Å². The van der Waals surface area contributed by atoms with Crippen LogP contribution >= 0.6 is 12.4 Å². The van der Waals surface area contributed by atoms with Crippen LogP contribution in [-0.2, 0) is 4.79 Å². The van der Waals surface area contributed by atoms with Crippen molar-refractivity contribution in [2.45, 2.75) is 12.6 Å². The minimum atomic E-state index is -4.32. The zero-order chi connectivity index (χ0) is 9.90. The monoisotopic (exact) mass is 232 g/mol. The Kier molecular flexibility index (Phi) is 5.22. The van der Waals surface area contributed by atoms with Gasteiger partial charge in [-0.25, -0.2) is 0 Å². The van der Waals surface area contributed by atoms with Gasteiger partial charge in [0.25, 0.3) is 0 Å². The Morgan fingerprint density at radius 1 is 1.50 bits per heavy atom. The molecule has 1 fully saturated rings. The van der Waals surface area contributed by atoms with E-state index < -0.39 is 18.6 Å². The molecule has 1 unspecified atom stereocenters. The third-order valence-electron chi connectivity index (χ3n) is 1.89. The minimum Gasteiger partial charge on any atom is -0.347 e. The van der Waals surface area contributed by atoms with Crippen LogP contribution < -0.4 is 10.6 Å². The van der Waals surface area contributed by atoms with E-state index in [-0.39, 0.29) is 18.3 Å². The lowest BCUT2D eigenvalue weighted by molar-refractivity contribution is -0.140. The van der Waals surface area contributed by atoms with Gasteiger partial charge in [0.2, 0.25) is 5.91 Å². The van der Waals surface area contributed by atoms with Crippen molar-refractivity contribution in [2.24, 2.45) is 5.92 Å². The summed E-state index contributed by atoms with van der Waals surface area (Å²) < 4.78 is 35.0. The van der Waals surface area contributed by atoms with Crippen LogP contribution in [0.25, 0.3) is 0 Å². The third-order valence-corrected chi connectivity index (χ3v) is 1.89. The fourth-order valence-corrected chi connectivity index (χ4v) is 1.21. The maximum absolute atomic E-state index is 11.7. The Morgan fingerprint density at radius 2 is 2.14 bits per heavy atom. The van der Waals surface area contributed by atoms with Crippen LogP contribution in [-0.4, -0.2) is 31.7 Å². The Balaban J connectivity index is 0.00000169. The molecule has 14 heavy (non-hydrogen) atoms. The maximum Gasteiger partial charge on any atom is 0.405 e. The molecule has 1 rings (SSSR count). The molecule has 2 N–H and O–H groups in total. The van der Waals surface area contributed by atoms with Crippen LogP contribution in [0.2, 0.25) is 0 Å². The molecule has 0 aliphatic carbocycles. The van der Waals surface area contributed by atoms with E-state index >= 15 is 0 Å². The molecule has 1 atom stereocenters. The normalized spacial score (nSPS) is 21.5. The van der Waals surface area contributed by atoms with Gasteiger partial charge in [0.15, 0.2) is 0 Å². The molecule has 3 nitrogen and oxygen atoms in total. The fraction of sp³-hybridized carbons (Fsp3) is 0.857. The number of alkyl halides is 3. The van der Waals surface area contributed by atoms with Gasteiger partial charge in [-0.05, 0) is 13.0 Å². The van der Waals surface area contributed by atoms with E-state index in [0.29, 0.717) is 19.5 Å². The number of hydrogen-bond acceptors (Lipinski definition) is 2. The number of carbonyl (C=O) groups excluding carboxylic acids is 1. The van der Waals surface area contributed by atoms with Gasteiger partial charge in [0.05, 0.1) is 5.92 Å². The first-order valence-corrected chi connectivity index (χ1v) is 4.04. The summed E-state index contributed by atoms with van der Waals surface area (Å²) in [5, 5.41) is 4.77. The largest absolute Gasteiger partial charge is 0.405 e. The second-order valence-electron chi connectivity index (χ2n) is 3.02. The molecule has 0 spiro atoms. The number of hydrogen-bond donors (Lipinski definition) is 2. The van der Waals surface area contributed by atoms with Crippen LogP contribution in [0.5, 0.6) is 0 Å². The van der Waals surface area contributed by atoms with Gasteiger partial charge in [0, 0.05) is 6.54 Å². The number of carbonyl (C=O) groups is 1. The van der Waals surface area contributed by atoms with Gasteiger partial charge >= 0.3 is 6.18 Å². The smallest absolute Gasteiger partial charge is 0.347 e. The highest BCUT2D eigenvalue weighted by Gasteiger charge is 2.30. The molecule has 0 aromatic carbocycles. The topological polar surface area (TPSA) is 41.1 Å². The molecular formula is C7H12ClF3N2O. The molecule has 0 saturated carbocycles. The Hall–Kier alpha value is -0.490. The van der Waals surface area contributed by atoms with Crippen molar-refractivity contribution in [2.75, 3.05) is 19.6 Å². The van der Waals surface area contributed by atoms with Crippen molar-refractivity contribution in [3.8, 4) is 0 Å². The number of rotatable bonds is 2. The highest BCUT2D eigenvalue weighted by Crippen LogP contribution is 2.13. The SMILES string of the molecule is Cl.O=C(NCC(F)(F)F)C1CCNC1. The molecule has 0 aromatic rings. The summed E-state index contributed by atoms with van der Waals surface area (Å²) in [6.07, 6.45) is -3.70. The van der Waals surface area contributed by atoms with Crippen molar-refractivity contribution >= 4 is 18.3 Å². The van der Waals surface area contributed by atoms with E-state index in [9.17, 15) is 18.0 Å². The molecule has 1 amide bonds. The highest BCUT2D eigenvalue weighted by molar-refractivity contribution is 5.85. The second-order valence-corrected chi connectivity index (χ2v) is 3.02. The zero-order valence-electron chi connectivity index (χ0n) is 7.36. The minimum absolute atomic E-state index is 0. The summed E-state index contributed by atoms with van der Waals surface area (Å²) in [6.45, 7) is -0.0594. The van der Waals surface area contributed by atoms with E-state index in [2.05, 4.69) is 5.32 Å². The Bertz CT molecular complexity index is 192. The fourth-order valence-electron chi connectivity index (χ4n) is 1.21. The molecule has 84 valence electrons. The van der Waals surface area contributed by atoms with E-state index in [0.717, 1.165) is 0 Å². The van der Waals surface area contributed by atoms with Gasteiger partial charge < -0.3 is 10.6 Å². The van der Waals surface area contributed by atoms with Crippen molar-refractivity contribution in [1.82, 2.24) is 10.6 Å². The summed E-state index contributed by atoms with van der Waals surface area (Å²) in [6, 6.07) is 0. The molecule has 1 saturated heterocycles. The summed E-state index contributed by atoms with van der Waals surface area (Å²) in [5.74, 6) is -0.815. The Labute approximate surface area is 85.8 Å². The summed E-state index contributed by atoms with van der Waals surface area (Å²) in [5.41, 5.74) is 0. The summed E-state index contributed by atoms with van der Waals surface area (Å²) >= 11 is 0. The lowest BCUT2D eigenvalue weighted by Crippen LogP contribution is -2.38. The van der Waals surface area contributed by atoms with Crippen molar-refractivity contribution in [3.63, 3.8) is 0 Å². The summed E-state index contributed by atoms with van der Waals surface area (Å²) in [4.78, 5) is 11.0. The van der Waals surface area contributed by atoms with Gasteiger partial charge in [-0.3, -0.25) is 4.79 Å². The van der Waals surface area contributed by atoms with E-state index in [1.807, 2.05) is 5.32 Å². The van der Waals surface area contributed by atoms with Gasteiger partial charge in [-0.15, -0.1) is 12.4 Å². The lowest BCUT2D eigenvalue weighted by Gasteiger charge is -2.11. The van der Waals surface area contributed by atoms with Crippen molar-refractivity contribution in [3.05, 3.63) is 0 Å². The van der Waals surface area contributed by atoms with Gasteiger partial charge in [0.1, 0.15) is 6.54 Å². The van der Waals surface area contributed by atoms with Crippen molar-refractivity contribution in [1.29, 1.82) is 0 Å². The van der Waals surface area contributed by atoms with Gasteiger partial charge in [-0.2, -0.15) is 13.2 Å². The first-order chi connectivity index (χ1) is 5.99. The second kappa shape index (κ2) is 5.41. The number of amides is 1. The average molecular weight is 233 g/mol. The molecule has 1 aliphatic rings. The predicted molar refractivity (Wildman–Crippen MR) is 47.3 cm³/mol. The van der Waals surface area contributed by atoms with Crippen LogP contribution in [0.4, 0.5) is 13.2 Å². The standard InChI is InChI=1S/C7H11F3N2O.ClH/c8-7(9,10)4-12-6(13)5-1-2-11-3-5;/h5,11H,1-4H2,(H,12,13);1H. The molecular weight excluding hydrogens is 221 g/mol. The molecule has 1 aliphatic heterocycles. The summed E-state index contributed by atoms with van der Waals surface area (Å²) in [7, 11) is 0. The van der Waals surface area contributed by atoms with E-state index in [4.69, 9.17) is 0 Å². The lowest BCUT2D eigenvalue weighted by atomic mass is 10.1. The Morgan fingerprint density at radius 3 is 2.57 bits per heavy atom. The predicted octanol–water partition coefficient (Wildman–Crippen LogP) is 0.696. The first kappa shape index (κ1) is 13.5. The molecule has 7 heteroatoms. The van der Waals surface area contributed by atoms with Gasteiger partial charge in [-0.1, -0.05) is 0 Å². The number of halogens is 4. The third kappa shape index (κ3) is 4.66. The van der Waals surface area contributed by atoms with Crippen LogP contribution in [0.15, 0.2) is 0 Å². The first-order valence-electron chi connectivity index (χ1n) is 4.04. The molecule has 0 bridgehead atoms. The quantitative estimate of drug-likeness (QED) is 0.736. The molecule has 1 heterocycles. The maximum atomic E-state index is 11.7. The highest BCUT2D eigenvalue weighted by atomic mass is 35.5.